The van der Waals surface area contributed by atoms with E-state index in [0.29, 0.717) is 12.8 Å². The van der Waals surface area contributed by atoms with Gasteiger partial charge in [0.05, 0.1) is 6.26 Å². The van der Waals surface area contributed by atoms with Crippen LogP contribution < -0.4 is 10.6 Å². The summed E-state index contributed by atoms with van der Waals surface area (Å²) in [7, 11) is 0. The van der Waals surface area contributed by atoms with Gasteiger partial charge in [-0.05, 0) is 31.9 Å². The van der Waals surface area contributed by atoms with Crippen LogP contribution in [-0.4, -0.2) is 29.2 Å². The van der Waals surface area contributed by atoms with Crippen molar-refractivity contribution in [1.29, 1.82) is 0 Å². The molecule has 0 saturated heterocycles. The number of urea groups is 1. The molecule has 1 aromatic rings. The van der Waals surface area contributed by atoms with Crippen LogP contribution in [0.15, 0.2) is 22.8 Å². The maximum atomic E-state index is 11.7. The number of carbonyl (C=O) groups excluding carboxylic acids is 1. The summed E-state index contributed by atoms with van der Waals surface area (Å²) in [6.07, 6.45) is 4.19. The van der Waals surface area contributed by atoms with Crippen molar-refractivity contribution in [2.45, 2.75) is 51.6 Å². The van der Waals surface area contributed by atoms with E-state index in [4.69, 9.17) is 9.52 Å². The minimum absolute atomic E-state index is 0.0591. The van der Waals surface area contributed by atoms with Gasteiger partial charge in [0.15, 0.2) is 0 Å². The van der Waals surface area contributed by atoms with E-state index in [1.165, 1.54) is 0 Å². The summed E-state index contributed by atoms with van der Waals surface area (Å²) >= 11 is 0. The number of hydrogen-bond acceptors (Lipinski definition) is 3. The molecule has 0 aliphatic carbocycles. The standard InChI is InChI=1S/C14H22N2O4/c1-3-5-12(13(17)18)16-14(19)15-10(2)7-8-11-6-4-9-20-11/h4,6,9-10,12H,3,5,7-8H2,1-2H3,(H,17,18)(H2,15,16,19)/t10?,12-/m1/s1. The van der Waals surface area contributed by atoms with Gasteiger partial charge in [-0.2, -0.15) is 0 Å². The average Bonchev–Trinajstić information content (AvgIpc) is 2.88. The lowest BCUT2D eigenvalue weighted by Gasteiger charge is -2.17. The predicted molar refractivity (Wildman–Crippen MR) is 74.5 cm³/mol. The Kier molecular flexibility index (Phi) is 6.63. The molecule has 2 atom stereocenters. The van der Waals surface area contributed by atoms with Crippen LogP contribution in [0.2, 0.25) is 0 Å². The number of hydrogen-bond donors (Lipinski definition) is 3. The number of carbonyl (C=O) groups is 2. The fourth-order valence-electron chi connectivity index (χ4n) is 1.86. The SMILES string of the molecule is CCC[C@@H](NC(=O)NC(C)CCc1ccco1)C(=O)O. The maximum absolute atomic E-state index is 11.7. The van der Waals surface area contributed by atoms with Crippen molar-refractivity contribution in [3.8, 4) is 0 Å². The van der Waals surface area contributed by atoms with E-state index < -0.39 is 18.0 Å². The summed E-state index contributed by atoms with van der Waals surface area (Å²) < 4.78 is 5.21. The van der Waals surface area contributed by atoms with Crippen molar-refractivity contribution < 1.29 is 19.1 Å². The molecule has 3 N–H and O–H groups in total. The molecule has 0 aromatic carbocycles. The molecule has 1 unspecified atom stereocenters. The maximum Gasteiger partial charge on any atom is 0.326 e. The fraction of sp³-hybridized carbons (Fsp3) is 0.571. The van der Waals surface area contributed by atoms with Gasteiger partial charge in [0.2, 0.25) is 0 Å². The van der Waals surface area contributed by atoms with E-state index >= 15 is 0 Å². The molecule has 6 heteroatoms. The summed E-state index contributed by atoms with van der Waals surface area (Å²) in [6, 6.07) is 2.36. The molecule has 112 valence electrons. The normalized spacial score (nSPS) is 13.5. The Morgan fingerprint density at radius 2 is 2.10 bits per heavy atom. The van der Waals surface area contributed by atoms with Crippen molar-refractivity contribution in [2.24, 2.45) is 0 Å². The van der Waals surface area contributed by atoms with Crippen LogP contribution in [-0.2, 0) is 11.2 Å². The van der Waals surface area contributed by atoms with Crippen LogP contribution in [0.25, 0.3) is 0 Å². The molecule has 0 radical (unpaired) electrons. The van der Waals surface area contributed by atoms with Crippen molar-refractivity contribution in [1.82, 2.24) is 10.6 Å². The number of furan rings is 1. The van der Waals surface area contributed by atoms with Gasteiger partial charge in [-0.1, -0.05) is 13.3 Å². The lowest BCUT2D eigenvalue weighted by molar-refractivity contribution is -0.139. The molecular weight excluding hydrogens is 260 g/mol. The topological polar surface area (TPSA) is 91.6 Å². The van der Waals surface area contributed by atoms with E-state index in [1.807, 2.05) is 26.0 Å². The molecule has 6 nitrogen and oxygen atoms in total. The van der Waals surface area contributed by atoms with Crippen molar-refractivity contribution >= 4 is 12.0 Å². The highest BCUT2D eigenvalue weighted by Gasteiger charge is 2.19. The Bertz CT molecular complexity index is 417. The Morgan fingerprint density at radius 3 is 2.65 bits per heavy atom. The second-order valence-electron chi connectivity index (χ2n) is 4.82. The number of carboxylic acids is 1. The molecule has 1 heterocycles. The second-order valence-corrected chi connectivity index (χ2v) is 4.82. The summed E-state index contributed by atoms with van der Waals surface area (Å²) in [5.41, 5.74) is 0. The lowest BCUT2D eigenvalue weighted by atomic mass is 10.1. The number of aliphatic carboxylic acids is 1. The number of amides is 2. The zero-order valence-corrected chi connectivity index (χ0v) is 11.9. The summed E-state index contributed by atoms with van der Waals surface area (Å²) in [6.45, 7) is 3.75. The van der Waals surface area contributed by atoms with Crippen molar-refractivity contribution in [3.05, 3.63) is 24.2 Å². The van der Waals surface area contributed by atoms with Crippen LogP contribution >= 0.6 is 0 Å². The zero-order chi connectivity index (χ0) is 15.0. The van der Waals surface area contributed by atoms with Crippen LogP contribution in [0, 0.1) is 0 Å². The molecule has 20 heavy (non-hydrogen) atoms. The van der Waals surface area contributed by atoms with E-state index in [0.717, 1.165) is 18.6 Å². The van der Waals surface area contributed by atoms with Crippen LogP contribution in [0.5, 0.6) is 0 Å². The highest BCUT2D eigenvalue weighted by Crippen LogP contribution is 2.05. The van der Waals surface area contributed by atoms with Crippen LogP contribution in [0.4, 0.5) is 4.79 Å². The minimum atomic E-state index is -1.01. The third-order valence-corrected chi connectivity index (χ3v) is 2.96. The molecule has 2 amide bonds. The summed E-state index contributed by atoms with van der Waals surface area (Å²) in [5.74, 6) is -0.140. The highest BCUT2D eigenvalue weighted by molar-refractivity contribution is 5.82. The largest absolute Gasteiger partial charge is 0.480 e. The monoisotopic (exact) mass is 282 g/mol. The molecule has 0 spiro atoms. The number of rotatable bonds is 8. The van der Waals surface area contributed by atoms with Gasteiger partial charge in [0.25, 0.3) is 0 Å². The Labute approximate surface area is 118 Å². The molecule has 1 aromatic heterocycles. The van der Waals surface area contributed by atoms with Crippen molar-refractivity contribution in [3.63, 3.8) is 0 Å². The molecule has 0 fully saturated rings. The summed E-state index contributed by atoms with van der Waals surface area (Å²) in [5, 5.41) is 14.2. The van der Waals surface area contributed by atoms with Gasteiger partial charge in [-0.15, -0.1) is 0 Å². The smallest absolute Gasteiger partial charge is 0.326 e. The molecule has 0 saturated carbocycles. The Hall–Kier alpha value is -1.98. The van der Waals surface area contributed by atoms with Crippen molar-refractivity contribution in [2.75, 3.05) is 0 Å². The van der Waals surface area contributed by atoms with Gasteiger partial charge in [0.1, 0.15) is 11.8 Å². The Morgan fingerprint density at radius 1 is 1.35 bits per heavy atom. The molecule has 1 rings (SSSR count). The molecule has 0 aliphatic heterocycles. The first kappa shape index (κ1) is 16.1. The first-order valence-corrected chi connectivity index (χ1v) is 6.85. The quantitative estimate of drug-likeness (QED) is 0.681. The third-order valence-electron chi connectivity index (χ3n) is 2.96. The molecular formula is C14H22N2O4. The second kappa shape index (κ2) is 8.24. The number of carboxylic acid groups (broad SMARTS) is 1. The van der Waals surface area contributed by atoms with Crippen LogP contribution in [0.3, 0.4) is 0 Å². The minimum Gasteiger partial charge on any atom is -0.480 e. The first-order valence-electron chi connectivity index (χ1n) is 6.85. The first-order chi connectivity index (χ1) is 9.52. The van der Waals surface area contributed by atoms with Gasteiger partial charge in [-0.3, -0.25) is 0 Å². The van der Waals surface area contributed by atoms with E-state index in [1.54, 1.807) is 6.26 Å². The molecule has 0 aliphatic rings. The molecule has 0 bridgehead atoms. The highest BCUT2D eigenvalue weighted by atomic mass is 16.4. The van der Waals surface area contributed by atoms with Gasteiger partial charge < -0.3 is 20.2 Å². The van der Waals surface area contributed by atoms with E-state index in [2.05, 4.69) is 10.6 Å². The predicted octanol–water partition coefficient (Wildman–Crippen LogP) is 2.15. The van der Waals surface area contributed by atoms with Gasteiger partial charge in [-0.25, -0.2) is 9.59 Å². The fourth-order valence-corrected chi connectivity index (χ4v) is 1.86. The average molecular weight is 282 g/mol. The van der Waals surface area contributed by atoms with Gasteiger partial charge >= 0.3 is 12.0 Å². The van der Waals surface area contributed by atoms with Crippen LogP contribution in [0.1, 0.15) is 38.9 Å². The van der Waals surface area contributed by atoms with E-state index in [-0.39, 0.29) is 6.04 Å². The summed E-state index contributed by atoms with van der Waals surface area (Å²) in [4.78, 5) is 22.6. The zero-order valence-electron chi connectivity index (χ0n) is 11.9. The third kappa shape index (κ3) is 5.77. The number of aryl methyl sites for hydroxylation is 1. The number of nitrogens with one attached hydrogen (secondary N) is 2. The van der Waals surface area contributed by atoms with E-state index in [9.17, 15) is 9.59 Å². The Balaban J connectivity index is 2.31. The lowest BCUT2D eigenvalue weighted by Crippen LogP contribution is -2.48. The van der Waals surface area contributed by atoms with Gasteiger partial charge in [0, 0.05) is 12.5 Å².